The molecule has 1 atom stereocenters. The highest BCUT2D eigenvalue weighted by molar-refractivity contribution is 6.90. The zero-order valence-electron chi connectivity index (χ0n) is 47.4. The molecule has 5 aromatic rings. The molecule has 426 valence electrons. The number of pyridine rings is 1. The summed E-state index contributed by atoms with van der Waals surface area (Å²) in [6.07, 6.45) is 8.76. The number of urea groups is 1. The third kappa shape index (κ3) is 11.5. The molecule has 1 aliphatic carbocycles. The number of hydrogen-bond donors (Lipinski definition) is 2. The van der Waals surface area contributed by atoms with Crippen LogP contribution in [0.4, 0.5) is 25.1 Å². The summed E-state index contributed by atoms with van der Waals surface area (Å²) >= 11 is 6.49. The molecule has 0 bridgehead atoms. The van der Waals surface area contributed by atoms with E-state index in [2.05, 4.69) is 63.2 Å². The number of carbonyl (C=O) groups is 3. The smallest absolute Gasteiger partial charge is 0.328 e. The molecular formula is C61H75ClF2N8O7Si. The first kappa shape index (κ1) is 57.3. The van der Waals surface area contributed by atoms with E-state index in [4.69, 9.17) is 40.8 Å². The number of carbonyl (C=O) groups excluding carboxylic acids is 3. The van der Waals surface area contributed by atoms with E-state index in [1.54, 1.807) is 49.5 Å². The lowest BCUT2D eigenvalue weighted by Crippen LogP contribution is -2.50. The van der Waals surface area contributed by atoms with Gasteiger partial charge in [0.25, 0.3) is 5.91 Å². The Kier molecular flexibility index (Phi) is 16.3. The van der Waals surface area contributed by atoms with E-state index in [0.717, 1.165) is 58.2 Å². The van der Waals surface area contributed by atoms with Gasteiger partial charge in [-0.1, -0.05) is 65.1 Å². The van der Waals surface area contributed by atoms with Crippen molar-refractivity contribution in [3.05, 3.63) is 76.4 Å². The van der Waals surface area contributed by atoms with E-state index in [1.807, 2.05) is 9.80 Å². The van der Waals surface area contributed by atoms with Gasteiger partial charge >= 0.3 is 12.0 Å². The van der Waals surface area contributed by atoms with Crippen LogP contribution in [-0.2, 0) is 9.53 Å². The summed E-state index contributed by atoms with van der Waals surface area (Å²) in [5.41, 5.74) is 4.84. The Morgan fingerprint density at radius 2 is 1.60 bits per heavy atom. The number of hydrogen-bond acceptors (Lipinski definition) is 12. The number of anilines is 2. The molecule has 80 heavy (non-hydrogen) atoms. The lowest BCUT2D eigenvalue weighted by atomic mass is 9.71. The topological polar surface area (TPSA) is 163 Å². The summed E-state index contributed by atoms with van der Waals surface area (Å²) < 4.78 is 52.2. The minimum Gasteiger partial charge on any atom is -0.468 e. The van der Waals surface area contributed by atoms with Crippen molar-refractivity contribution in [2.75, 3.05) is 82.7 Å². The van der Waals surface area contributed by atoms with Gasteiger partial charge in [0.2, 0.25) is 5.91 Å². The third-order valence-corrected chi connectivity index (χ3v) is 24.7. The summed E-state index contributed by atoms with van der Waals surface area (Å²) in [7, 11) is -0.821. The van der Waals surface area contributed by atoms with Crippen molar-refractivity contribution in [3.8, 4) is 34.5 Å². The van der Waals surface area contributed by atoms with Crippen LogP contribution in [0.1, 0.15) is 122 Å². The number of β-amino-alcohol motifs (C(OH)–C–C–N with tert-alkyl or cyclic N) is 1. The van der Waals surface area contributed by atoms with Crippen molar-refractivity contribution in [1.82, 2.24) is 30.1 Å². The number of likely N-dealkylation sites (tertiary alicyclic amines) is 2. The van der Waals surface area contributed by atoms with E-state index >= 15 is 8.78 Å². The maximum absolute atomic E-state index is 18.0. The highest BCUT2D eigenvalue weighted by atomic mass is 35.5. The molecule has 0 unspecified atom stereocenters. The molecule has 4 amide bonds. The van der Waals surface area contributed by atoms with Crippen molar-refractivity contribution >= 4 is 70.7 Å². The predicted molar refractivity (Wildman–Crippen MR) is 310 cm³/mol. The number of ether oxygens (including phenoxy) is 3. The summed E-state index contributed by atoms with van der Waals surface area (Å²) in [4.78, 5) is 60.5. The first-order valence-corrected chi connectivity index (χ1v) is 31.1. The highest BCUT2D eigenvalue weighted by Gasteiger charge is 2.48. The monoisotopic (exact) mass is 1130 g/mol. The van der Waals surface area contributed by atoms with E-state index in [9.17, 15) is 19.5 Å². The quantitative estimate of drug-likeness (QED) is 0.0580. The Labute approximate surface area is 474 Å². The summed E-state index contributed by atoms with van der Waals surface area (Å²) in [6.45, 7) is 20.3. The molecule has 1 saturated carbocycles. The maximum Gasteiger partial charge on any atom is 0.328 e. The van der Waals surface area contributed by atoms with Gasteiger partial charge < -0.3 is 34.0 Å². The van der Waals surface area contributed by atoms with E-state index in [1.165, 1.54) is 18.1 Å². The number of fused-ring (bicyclic) bond motifs is 2. The van der Waals surface area contributed by atoms with Crippen LogP contribution in [0.2, 0.25) is 21.6 Å². The zero-order valence-corrected chi connectivity index (χ0v) is 49.2. The van der Waals surface area contributed by atoms with Crippen molar-refractivity contribution in [2.24, 2.45) is 10.8 Å². The lowest BCUT2D eigenvalue weighted by Gasteiger charge is -2.47. The number of rotatable bonds is 15. The normalized spacial score (nSPS) is 20.5. The highest BCUT2D eigenvalue weighted by Crippen LogP contribution is 2.49. The maximum atomic E-state index is 18.0. The number of amides is 4. The van der Waals surface area contributed by atoms with Crippen LogP contribution in [-0.4, -0.2) is 134 Å². The number of aromatic nitrogens is 3. The second-order valence-corrected chi connectivity index (χ2v) is 30.5. The van der Waals surface area contributed by atoms with E-state index < -0.39 is 31.3 Å². The van der Waals surface area contributed by atoms with Crippen LogP contribution in [0, 0.1) is 33.9 Å². The van der Waals surface area contributed by atoms with Crippen LogP contribution < -0.4 is 24.6 Å². The van der Waals surface area contributed by atoms with Gasteiger partial charge in [-0.15, -0.1) is 5.54 Å². The Balaban J connectivity index is 0.888. The fourth-order valence-electron chi connectivity index (χ4n) is 13.4. The van der Waals surface area contributed by atoms with Crippen LogP contribution in [0.25, 0.3) is 32.9 Å². The number of aliphatic hydroxyl groups is 1. The molecule has 10 rings (SSSR count). The number of methoxy groups -OCH3 is 1. The van der Waals surface area contributed by atoms with Gasteiger partial charge in [-0.2, -0.15) is 9.97 Å². The van der Waals surface area contributed by atoms with Gasteiger partial charge in [0.1, 0.15) is 36.7 Å². The molecule has 3 aromatic carbocycles. The van der Waals surface area contributed by atoms with E-state index in [0.29, 0.717) is 105 Å². The van der Waals surface area contributed by atoms with Gasteiger partial charge in [0, 0.05) is 80.9 Å². The van der Waals surface area contributed by atoms with Crippen molar-refractivity contribution < 1.29 is 42.5 Å². The van der Waals surface area contributed by atoms with Crippen LogP contribution in [0.5, 0.6) is 11.8 Å². The SMILES string of the molecule is COCOc1cc(-c2ncc3c(N4CCC[C@@](C)(O)C4)nc(OCC4(CN5CCC6(CC5)CCN(C(=O)c5ccc(Cl)c(N7CCC(=O)NC7=O)c5)CC6)CC4)nc3c2F)c2c(C#C[Si](C(C)C)(C(C)C)C(C)C)c(F)ccc2c1. The average molecular weight is 1130 g/mol. The van der Waals surface area contributed by atoms with Gasteiger partial charge in [-0.3, -0.25) is 24.8 Å². The van der Waals surface area contributed by atoms with Gasteiger partial charge in [0.05, 0.1) is 33.9 Å². The number of nitrogens with zero attached hydrogens (tertiary/aromatic N) is 7. The Morgan fingerprint density at radius 3 is 2.26 bits per heavy atom. The first-order chi connectivity index (χ1) is 38.1. The predicted octanol–water partition coefficient (Wildman–Crippen LogP) is 11.3. The Morgan fingerprint density at radius 1 is 0.887 bits per heavy atom. The van der Waals surface area contributed by atoms with Crippen LogP contribution >= 0.6 is 11.6 Å². The Hall–Kier alpha value is -5.97. The molecule has 1 spiro atoms. The first-order valence-electron chi connectivity index (χ1n) is 28.4. The van der Waals surface area contributed by atoms with Crippen molar-refractivity contribution in [3.63, 3.8) is 0 Å². The minimum absolute atomic E-state index is 0.00599. The lowest BCUT2D eigenvalue weighted by molar-refractivity contribution is -0.120. The van der Waals surface area contributed by atoms with Crippen molar-refractivity contribution in [1.29, 1.82) is 0 Å². The number of imide groups is 1. The molecular weight excluding hydrogens is 1060 g/mol. The standard InChI is InChI=1S/C61H75ClF2N8O7Si/c1-38(2)80(39(3)4,40(5)6)29-15-44-48(63)13-11-41-30-43(79-37-77-8)32-45(51(41)44)53-52(64)54-46(33-65-53)55(71-23-9-16-59(7,76)34-71)68-57(67-54)78-36-61(17-18-61)35-69-25-19-60(20-26-69)21-27-70(28-22-60)56(74)42-10-12-47(62)49(31-42)72-24-14-50(73)66-58(72)75/h10-13,30-33,38-40,76H,9,14,16-28,34-37H2,1-8H3,(H,66,73,75)/t59-/m1/s1. The molecule has 19 heteroatoms. The molecule has 2 aromatic heterocycles. The number of benzene rings is 3. The van der Waals surface area contributed by atoms with Crippen molar-refractivity contribution in [2.45, 2.75) is 128 Å². The van der Waals surface area contributed by atoms with Crippen LogP contribution in [0.3, 0.4) is 0 Å². The van der Waals surface area contributed by atoms with E-state index in [-0.39, 0.29) is 71.7 Å². The minimum atomic E-state index is -2.34. The fraction of sp³-hybridized carbons (Fsp3) is 0.541. The summed E-state index contributed by atoms with van der Waals surface area (Å²) in [5.74, 6) is 2.46. The second kappa shape index (κ2) is 22.8. The summed E-state index contributed by atoms with van der Waals surface area (Å²) in [5, 5.41) is 15.3. The second-order valence-electron chi connectivity index (χ2n) is 24.5. The van der Waals surface area contributed by atoms with Gasteiger partial charge in [0.15, 0.2) is 12.6 Å². The molecule has 2 N–H and O–H groups in total. The molecule has 4 saturated heterocycles. The molecule has 5 aliphatic rings. The molecule has 15 nitrogen and oxygen atoms in total. The number of halogens is 3. The van der Waals surface area contributed by atoms with Gasteiger partial charge in [-0.05, 0) is 135 Å². The molecule has 0 radical (unpaired) electrons. The number of piperidine rings is 3. The summed E-state index contributed by atoms with van der Waals surface area (Å²) in [6, 6.07) is 10.9. The molecule has 6 heterocycles. The third-order valence-electron chi connectivity index (χ3n) is 18.1. The average Bonchev–Trinajstić information content (AvgIpc) is 4.32. The fourth-order valence-corrected chi connectivity index (χ4v) is 18.8. The zero-order chi connectivity index (χ0) is 56.9. The molecule has 4 aliphatic heterocycles. The molecule has 5 fully saturated rings. The van der Waals surface area contributed by atoms with Gasteiger partial charge in [-0.25, -0.2) is 13.6 Å². The van der Waals surface area contributed by atoms with Crippen LogP contribution in [0.15, 0.2) is 48.7 Å². The Bertz CT molecular complexity index is 3250. The number of nitrogens with one attached hydrogen (secondary N) is 1. The largest absolute Gasteiger partial charge is 0.468 e.